The van der Waals surface area contributed by atoms with Crippen molar-refractivity contribution >= 4 is 17.4 Å². The molecule has 2 aromatic rings. The third-order valence-corrected chi connectivity index (χ3v) is 4.21. The molecule has 1 saturated heterocycles. The second-order valence-corrected chi connectivity index (χ2v) is 5.37. The van der Waals surface area contributed by atoms with E-state index in [-0.39, 0.29) is 0 Å². The Hall–Kier alpha value is -1.00. The van der Waals surface area contributed by atoms with Crippen molar-refractivity contribution in [3.05, 3.63) is 30.6 Å². The molecule has 3 heterocycles. The summed E-state index contributed by atoms with van der Waals surface area (Å²) in [5.41, 5.74) is 1.01. The minimum Gasteiger partial charge on any atom is -0.377 e. The highest BCUT2D eigenvalue weighted by atomic mass is 32.2. The minimum atomic E-state index is 0.419. The molecule has 0 aromatic carbocycles. The molecule has 1 aliphatic heterocycles. The zero-order valence-electron chi connectivity index (χ0n) is 9.71. The lowest BCUT2D eigenvalue weighted by atomic mass is 10.1. The molecular weight excluding hydrogens is 232 g/mol. The van der Waals surface area contributed by atoms with Crippen molar-refractivity contribution < 1.29 is 4.74 Å². The normalized spacial score (nSPS) is 20.8. The van der Waals surface area contributed by atoms with Crippen LogP contribution in [0.25, 0.3) is 5.65 Å². The molecule has 0 bridgehead atoms. The first-order valence-electron chi connectivity index (χ1n) is 6.10. The van der Waals surface area contributed by atoms with E-state index in [2.05, 4.69) is 15.6 Å². The molecule has 0 spiro atoms. The van der Waals surface area contributed by atoms with Crippen LogP contribution in [-0.2, 0) is 4.74 Å². The highest BCUT2D eigenvalue weighted by Gasteiger charge is 2.14. The molecule has 3 rings (SSSR count). The molecule has 0 aliphatic carbocycles. The van der Waals surface area contributed by atoms with Crippen LogP contribution in [0.2, 0.25) is 0 Å². The standard InChI is InChI=1S/C13H16N2OS/c1-3-7-15-12(6-1)14-9-13(15)17-10-11-5-2-4-8-16-11/h1,3,6-7,9,11H,2,4-5,8,10H2. The van der Waals surface area contributed by atoms with Crippen molar-refractivity contribution in [3.63, 3.8) is 0 Å². The molecule has 4 heteroatoms. The smallest absolute Gasteiger partial charge is 0.137 e. The minimum absolute atomic E-state index is 0.419. The average Bonchev–Trinajstić information content (AvgIpc) is 2.81. The van der Waals surface area contributed by atoms with Gasteiger partial charge in [-0.1, -0.05) is 6.07 Å². The molecule has 3 nitrogen and oxygen atoms in total. The first kappa shape index (κ1) is 11.1. The number of aromatic nitrogens is 2. The quantitative estimate of drug-likeness (QED) is 0.781. The molecule has 90 valence electrons. The van der Waals surface area contributed by atoms with E-state index in [9.17, 15) is 0 Å². The maximum absolute atomic E-state index is 5.74. The van der Waals surface area contributed by atoms with Crippen LogP contribution in [0.15, 0.2) is 35.6 Å². The fourth-order valence-corrected chi connectivity index (χ4v) is 3.17. The van der Waals surface area contributed by atoms with Gasteiger partial charge in [0.25, 0.3) is 0 Å². The van der Waals surface area contributed by atoms with Crippen molar-refractivity contribution in [1.29, 1.82) is 0 Å². The molecule has 1 fully saturated rings. The van der Waals surface area contributed by atoms with Gasteiger partial charge in [-0.2, -0.15) is 0 Å². The van der Waals surface area contributed by atoms with E-state index in [1.165, 1.54) is 24.3 Å². The predicted molar refractivity (Wildman–Crippen MR) is 69.5 cm³/mol. The van der Waals surface area contributed by atoms with E-state index in [1.54, 1.807) is 0 Å². The van der Waals surface area contributed by atoms with Crippen LogP contribution in [0.3, 0.4) is 0 Å². The summed E-state index contributed by atoms with van der Waals surface area (Å²) >= 11 is 1.84. The van der Waals surface area contributed by atoms with Crippen LogP contribution in [0.1, 0.15) is 19.3 Å². The number of imidazole rings is 1. The van der Waals surface area contributed by atoms with Crippen molar-refractivity contribution in [2.24, 2.45) is 0 Å². The monoisotopic (exact) mass is 248 g/mol. The summed E-state index contributed by atoms with van der Waals surface area (Å²) in [5.74, 6) is 1.03. The molecule has 17 heavy (non-hydrogen) atoms. The summed E-state index contributed by atoms with van der Waals surface area (Å²) in [6.07, 6.45) is 8.15. The predicted octanol–water partition coefficient (Wildman–Crippen LogP) is 3.00. The molecule has 1 atom stereocenters. The number of thioether (sulfide) groups is 1. The third kappa shape index (κ3) is 2.48. The fourth-order valence-electron chi connectivity index (χ4n) is 2.13. The number of hydrogen-bond acceptors (Lipinski definition) is 3. The van der Waals surface area contributed by atoms with E-state index in [0.717, 1.165) is 18.0 Å². The van der Waals surface area contributed by atoms with E-state index in [1.807, 2.05) is 36.2 Å². The van der Waals surface area contributed by atoms with Gasteiger partial charge in [0.15, 0.2) is 0 Å². The van der Waals surface area contributed by atoms with Crippen molar-refractivity contribution in [2.45, 2.75) is 30.4 Å². The summed E-state index contributed by atoms with van der Waals surface area (Å²) in [6.45, 7) is 0.929. The van der Waals surface area contributed by atoms with Crippen molar-refractivity contribution in [2.75, 3.05) is 12.4 Å². The van der Waals surface area contributed by atoms with Gasteiger partial charge in [-0.3, -0.25) is 4.40 Å². The summed E-state index contributed by atoms with van der Waals surface area (Å²) in [5, 5.41) is 1.20. The fraction of sp³-hybridized carbons (Fsp3) is 0.462. The van der Waals surface area contributed by atoms with Gasteiger partial charge in [0, 0.05) is 18.6 Å². The van der Waals surface area contributed by atoms with Gasteiger partial charge in [-0.25, -0.2) is 4.98 Å². The Morgan fingerprint density at radius 2 is 2.41 bits per heavy atom. The van der Waals surface area contributed by atoms with E-state index >= 15 is 0 Å². The summed E-state index contributed by atoms with van der Waals surface area (Å²) in [6, 6.07) is 6.08. The molecule has 0 saturated carbocycles. The maximum atomic E-state index is 5.74. The van der Waals surface area contributed by atoms with Gasteiger partial charge in [0.05, 0.1) is 17.3 Å². The van der Waals surface area contributed by atoms with Gasteiger partial charge in [-0.05, 0) is 31.4 Å². The Bertz CT molecular complexity index is 491. The highest BCUT2D eigenvalue weighted by Crippen LogP contribution is 2.24. The summed E-state index contributed by atoms with van der Waals surface area (Å²) < 4.78 is 7.87. The summed E-state index contributed by atoms with van der Waals surface area (Å²) in [4.78, 5) is 4.38. The molecule has 0 amide bonds. The van der Waals surface area contributed by atoms with Crippen LogP contribution >= 0.6 is 11.8 Å². The highest BCUT2D eigenvalue weighted by molar-refractivity contribution is 7.99. The molecule has 2 aromatic heterocycles. The van der Waals surface area contributed by atoms with E-state index < -0.39 is 0 Å². The Morgan fingerprint density at radius 1 is 1.41 bits per heavy atom. The Labute approximate surface area is 105 Å². The number of hydrogen-bond donors (Lipinski definition) is 0. The second kappa shape index (κ2) is 5.10. The number of nitrogens with zero attached hydrogens (tertiary/aromatic N) is 2. The molecular formula is C13H16N2OS. The van der Waals surface area contributed by atoms with Gasteiger partial charge < -0.3 is 4.74 Å². The number of rotatable bonds is 3. The Kier molecular flexibility index (Phi) is 3.34. The van der Waals surface area contributed by atoms with E-state index in [0.29, 0.717) is 6.10 Å². The van der Waals surface area contributed by atoms with Crippen LogP contribution in [-0.4, -0.2) is 27.8 Å². The largest absolute Gasteiger partial charge is 0.377 e. The molecule has 1 aliphatic rings. The summed E-state index contributed by atoms with van der Waals surface area (Å²) in [7, 11) is 0. The number of fused-ring (bicyclic) bond motifs is 1. The molecule has 0 N–H and O–H groups in total. The first-order valence-corrected chi connectivity index (χ1v) is 7.08. The van der Waals surface area contributed by atoms with Crippen LogP contribution in [0.4, 0.5) is 0 Å². The maximum Gasteiger partial charge on any atom is 0.137 e. The van der Waals surface area contributed by atoms with Gasteiger partial charge >= 0.3 is 0 Å². The van der Waals surface area contributed by atoms with Crippen LogP contribution < -0.4 is 0 Å². The van der Waals surface area contributed by atoms with Crippen LogP contribution in [0.5, 0.6) is 0 Å². The van der Waals surface area contributed by atoms with Gasteiger partial charge in [-0.15, -0.1) is 11.8 Å². The second-order valence-electron chi connectivity index (χ2n) is 4.32. The zero-order valence-corrected chi connectivity index (χ0v) is 10.5. The Morgan fingerprint density at radius 3 is 3.29 bits per heavy atom. The number of ether oxygens (including phenoxy) is 1. The lowest BCUT2D eigenvalue weighted by molar-refractivity contribution is 0.0315. The van der Waals surface area contributed by atoms with Gasteiger partial charge in [0.1, 0.15) is 5.65 Å². The van der Waals surface area contributed by atoms with Crippen molar-refractivity contribution in [1.82, 2.24) is 9.38 Å². The first-order chi connectivity index (χ1) is 8.43. The van der Waals surface area contributed by atoms with Gasteiger partial charge in [0.2, 0.25) is 0 Å². The SMILES string of the molecule is c1ccn2c(SCC3CCCCO3)cnc2c1. The lowest BCUT2D eigenvalue weighted by Crippen LogP contribution is -2.21. The van der Waals surface area contributed by atoms with E-state index in [4.69, 9.17) is 4.74 Å². The average molecular weight is 248 g/mol. The van der Waals surface area contributed by atoms with Crippen LogP contribution in [0, 0.1) is 0 Å². The molecule has 1 unspecified atom stereocenters. The number of pyridine rings is 1. The molecule has 0 radical (unpaired) electrons. The topological polar surface area (TPSA) is 26.5 Å². The third-order valence-electron chi connectivity index (χ3n) is 3.07. The Balaban J connectivity index is 1.68. The zero-order chi connectivity index (χ0) is 11.5. The van der Waals surface area contributed by atoms with Crippen molar-refractivity contribution in [3.8, 4) is 0 Å². The lowest BCUT2D eigenvalue weighted by Gasteiger charge is -2.21.